The van der Waals surface area contributed by atoms with E-state index in [1.807, 2.05) is 24.3 Å². The van der Waals surface area contributed by atoms with Crippen molar-refractivity contribution in [1.82, 2.24) is 10.6 Å². The Morgan fingerprint density at radius 1 is 1.30 bits per heavy atom. The first-order chi connectivity index (χ1) is 9.15. The van der Waals surface area contributed by atoms with Crippen molar-refractivity contribution in [3.8, 4) is 0 Å². The number of carbonyl (C=O) groups is 2. The average molecular weight is 298 g/mol. The van der Waals surface area contributed by atoms with Crippen molar-refractivity contribution in [2.24, 2.45) is 0 Å². The summed E-state index contributed by atoms with van der Waals surface area (Å²) in [5.74, 6) is -0.0307. The van der Waals surface area contributed by atoms with Crippen LogP contribution in [0.15, 0.2) is 24.3 Å². The van der Waals surface area contributed by atoms with E-state index >= 15 is 0 Å². The molecular formula is C14H20ClN3O2. The first-order valence-electron chi connectivity index (χ1n) is 6.53. The summed E-state index contributed by atoms with van der Waals surface area (Å²) in [6.45, 7) is 2.91. The van der Waals surface area contributed by atoms with E-state index in [1.165, 1.54) is 6.92 Å². The van der Waals surface area contributed by atoms with Gasteiger partial charge in [0, 0.05) is 19.2 Å². The molecule has 0 aliphatic carbocycles. The molecule has 1 aliphatic heterocycles. The van der Waals surface area contributed by atoms with E-state index in [0.29, 0.717) is 6.54 Å². The number of carbonyl (C=O) groups excluding carboxylic acids is 2. The maximum absolute atomic E-state index is 11.8. The van der Waals surface area contributed by atoms with E-state index in [1.54, 1.807) is 0 Å². The first-order valence-corrected chi connectivity index (χ1v) is 6.53. The lowest BCUT2D eigenvalue weighted by Crippen LogP contribution is -2.39. The summed E-state index contributed by atoms with van der Waals surface area (Å²) in [7, 11) is 0. The maximum Gasteiger partial charge on any atom is 0.237 e. The minimum absolute atomic E-state index is 0. The van der Waals surface area contributed by atoms with Crippen LogP contribution >= 0.6 is 12.4 Å². The molecule has 0 aromatic heterocycles. The molecule has 5 nitrogen and oxygen atoms in total. The predicted octanol–water partition coefficient (Wildman–Crippen LogP) is 1.43. The molecule has 0 spiro atoms. The van der Waals surface area contributed by atoms with Crippen molar-refractivity contribution in [2.75, 3.05) is 11.9 Å². The van der Waals surface area contributed by atoms with Crippen molar-refractivity contribution in [3.05, 3.63) is 29.8 Å². The lowest BCUT2D eigenvalue weighted by molar-refractivity contribution is -0.123. The minimum atomic E-state index is -0.0895. The maximum atomic E-state index is 11.8. The van der Waals surface area contributed by atoms with E-state index in [2.05, 4.69) is 16.0 Å². The smallest absolute Gasteiger partial charge is 0.237 e. The van der Waals surface area contributed by atoms with Crippen LogP contribution in [0.25, 0.3) is 0 Å². The third kappa shape index (κ3) is 4.83. The van der Waals surface area contributed by atoms with Crippen LogP contribution in [-0.4, -0.2) is 24.4 Å². The van der Waals surface area contributed by atoms with Gasteiger partial charge in [-0.3, -0.25) is 9.59 Å². The number of hydrogen-bond donors (Lipinski definition) is 3. The first kappa shape index (κ1) is 16.5. The summed E-state index contributed by atoms with van der Waals surface area (Å²) >= 11 is 0. The average Bonchev–Trinajstić information content (AvgIpc) is 2.91. The van der Waals surface area contributed by atoms with Gasteiger partial charge in [0.1, 0.15) is 0 Å². The summed E-state index contributed by atoms with van der Waals surface area (Å²) in [5.41, 5.74) is 1.78. The molecule has 1 aliphatic rings. The molecule has 0 bridgehead atoms. The van der Waals surface area contributed by atoms with Gasteiger partial charge in [-0.2, -0.15) is 0 Å². The summed E-state index contributed by atoms with van der Waals surface area (Å²) in [6, 6.07) is 7.41. The lowest BCUT2D eigenvalue weighted by atomic mass is 10.2. The summed E-state index contributed by atoms with van der Waals surface area (Å²) < 4.78 is 0. The molecule has 1 atom stereocenters. The second-order valence-corrected chi connectivity index (χ2v) is 4.74. The number of rotatable bonds is 4. The Labute approximate surface area is 124 Å². The molecule has 2 rings (SSSR count). The molecule has 20 heavy (non-hydrogen) atoms. The Balaban J connectivity index is 0.00000200. The lowest BCUT2D eigenvalue weighted by Gasteiger charge is -2.11. The van der Waals surface area contributed by atoms with Crippen LogP contribution in [0.1, 0.15) is 25.3 Å². The number of amides is 2. The highest BCUT2D eigenvalue weighted by atomic mass is 35.5. The fourth-order valence-electron chi connectivity index (χ4n) is 2.13. The van der Waals surface area contributed by atoms with Crippen LogP contribution < -0.4 is 16.0 Å². The van der Waals surface area contributed by atoms with E-state index < -0.39 is 0 Å². The Bertz CT molecular complexity index is 456. The van der Waals surface area contributed by atoms with Gasteiger partial charge in [-0.1, -0.05) is 12.1 Å². The number of hydrogen-bond acceptors (Lipinski definition) is 3. The second kappa shape index (κ2) is 7.87. The van der Waals surface area contributed by atoms with Crippen LogP contribution in [0.5, 0.6) is 0 Å². The third-order valence-electron chi connectivity index (χ3n) is 3.12. The van der Waals surface area contributed by atoms with Gasteiger partial charge in [0.15, 0.2) is 0 Å². The highest BCUT2D eigenvalue weighted by Gasteiger charge is 2.21. The fraction of sp³-hybridized carbons (Fsp3) is 0.429. The molecule has 0 radical (unpaired) electrons. The Hall–Kier alpha value is -1.59. The zero-order valence-corrected chi connectivity index (χ0v) is 12.3. The van der Waals surface area contributed by atoms with Crippen LogP contribution in [0, 0.1) is 0 Å². The molecule has 1 saturated heterocycles. The molecule has 0 saturated carbocycles. The largest absolute Gasteiger partial charge is 0.351 e. The highest BCUT2D eigenvalue weighted by molar-refractivity contribution is 5.88. The standard InChI is InChI=1S/C14H19N3O2.ClH/c1-10(18)17-12-6-4-11(5-7-12)9-16-14(19)13-3-2-8-15-13;/h4-7,13,15H,2-3,8-9H2,1H3,(H,16,19)(H,17,18);1H/t13-;/m0./s1. The SMILES string of the molecule is CC(=O)Nc1ccc(CNC(=O)[C@@H]2CCCN2)cc1.Cl. The van der Waals surface area contributed by atoms with Gasteiger partial charge in [0.05, 0.1) is 6.04 Å². The van der Waals surface area contributed by atoms with Crippen LogP contribution in [-0.2, 0) is 16.1 Å². The molecule has 3 N–H and O–H groups in total. The predicted molar refractivity (Wildman–Crippen MR) is 80.9 cm³/mol. The van der Waals surface area contributed by atoms with Gasteiger partial charge in [0.25, 0.3) is 0 Å². The number of halogens is 1. The van der Waals surface area contributed by atoms with Crippen LogP contribution in [0.4, 0.5) is 5.69 Å². The third-order valence-corrected chi connectivity index (χ3v) is 3.12. The highest BCUT2D eigenvalue weighted by Crippen LogP contribution is 2.10. The van der Waals surface area contributed by atoms with Crippen LogP contribution in [0.3, 0.4) is 0 Å². The number of anilines is 1. The molecule has 2 amide bonds. The summed E-state index contributed by atoms with van der Waals surface area (Å²) in [6.07, 6.45) is 1.97. The van der Waals surface area contributed by atoms with Crippen molar-refractivity contribution in [3.63, 3.8) is 0 Å². The normalized spacial score (nSPS) is 17.1. The van der Waals surface area contributed by atoms with Crippen molar-refractivity contribution in [2.45, 2.75) is 32.4 Å². The van der Waals surface area contributed by atoms with Gasteiger partial charge >= 0.3 is 0 Å². The molecule has 110 valence electrons. The molecule has 6 heteroatoms. The van der Waals surface area contributed by atoms with Crippen molar-refractivity contribution >= 4 is 29.9 Å². The summed E-state index contributed by atoms with van der Waals surface area (Å²) in [4.78, 5) is 22.7. The van der Waals surface area contributed by atoms with E-state index in [-0.39, 0.29) is 30.3 Å². The molecule has 1 fully saturated rings. The Kier molecular flexibility index (Phi) is 6.48. The molecular weight excluding hydrogens is 278 g/mol. The van der Waals surface area contributed by atoms with E-state index in [9.17, 15) is 9.59 Å². The van der Waals surface area contributed by atoms with Gasteiger partial charge in [-0.05, 0) is 37.1 Å². The van der Waals surface area contributed by atoms with Crippen LogP contribution in [0.2, 0.25) is 0 Å². The van der Waals surface area contributed by atoms with E-state index in [0.717, 1.165) is 30.6 Å². The number of nitrogens with one attached hydrogen (secondary N) is 3. The number of benzene rings is 1. The monoisotopic (exact) mass is 297 g/mol. The second-order valence-electron chi connectivity index (χ2n) is 4.74. The zero-order valence-electron chi connectivity index (χ0n) is 11.4. The molecule has 1 heterocycles. The Morgan fingerprint density at radius 2 is 2.00 bits per heavy atom. The van der Waals surface area contributed by atoms with E-state index in [4.69, 9.17) is 0 Å². The molecule has 0 unspecified atom stereocenters. The molecule has 1 aromatic carbocycles. The van der Waals surface area contributed by atoms with Gasteiger partial charge in [0.2, 0.25) is 11.8 Å². The van der Waals surface area contributed by atoms with Crippen molar-refractivity contribution < 1.29 is 9.59 Å². The zero-order chi connectivity index (χ0) is 13.7. The van der Waals surface area contributed by atoms with Gasteiger partial charge in [-0.15, -0.1) is 12.4 Å². The molecule has 1 aromatic rings. The Morgan fingerprint density at radius 3 is 2.55 bits per heavy atom. The van der Waals surface area contributed by atoms with Gasteiger partial charge < -0.3 is 16.0 Å². The minimum Gasteiger partial charge on any atom is -0.351 e. The van der Waals surface area contributed by atoms with Gasteiger partial charge in [-0.25, -0.2) is 0 Å². The van der Waals surface area contributed by atoms with Crippen molar-refractivity contribution in [1.29, 1.82) is 0 Å². The quantitative estimate of drug-likeness (QED) is 0.787. The topological polar surface area (TPSA) is 70.2 Å². The fourth-order valence-corrected chi connectivity index (χ4v) is 2.13. The summed E-state index contributed by atoms with van der Waals surface area (Å²) in [5, 5.41) is 8.78.